The van der Waals surface area contributed by atoms with Crippen molar-refractivity contribution >= 4 is 5.91 Å². The van der Waals surface area contributed by atoms with Crippen LogP contribution < -0.4 is 15.8 Å². The molecule has 3 N–H and O–H groups in total. The van der Waals surface area contributed by atoms with E-state index in [4.69, 9.17) is 15.2 Å². The van der Waals surface area contributed by atoms with Crippen molar-refractivity contribution in [3.05, 3.63) is 59.9 Å². The first kappa shape index (κ1) is 17.9. The smallest absolute Gasteiger partial charge is 0.239 e. The summed E-state index contributed by atoms with van der Waals surface area (Å²) in [6.45, 7) is 2.48. The predicted molar refractivity (Wildman–Crippen MR) is 91.4 cm³/mol. The number of nitrogens with one attached hydrogen (secondary N) is 1. The van der Waals surface area contributed by atoms with Crippen LogP contribution in [0.4, 0.5) is 0 Å². The number of aromatic nitrogens is 1. The van der Waals surface area contributed by atoms with Gasteiger partial charge < -0.3 is 20.5 Å². The number of carbonyl (C=O) groups excluding carboxylic acids is 1. The zero-order chi connectivity index (χ0) is 17.4. The van der Waals surface area contributed by atoms with Crippen LogP contribution in [-0.2, 0) is 16.1 Å². The highest BCUT2D eigenvalue weighted by molar-refractivity contribution is 5.82. The predicted octanol–water partition coefficient (Wildman–Crippen LogP) is 1.81. The van der Waals surface area contributed by atoms with Crippen LogP contribution in [0, 0.1) is 0 Å². The maximum Gasteiger partial charge on any atom is 0.239 e. The van der Waals surface area contributed by atoms with E-state index in [0.29, 0.717) is 6.61 Å². The van der Waals surface area contributed by atoms with Crippen molar-refractivity contribution < 1.29 is 14.3 Å². The van der Waals surface area contributed by atoms with Gasteiger partial charge in [0.15, 0.2) is 0 Å². The van der Waals surface area contributed by atoms with Crippen LogP contribution in [0.3, 0.4) is 0 Å². The van der Waals surface area contributed by atoms with Gasteiger partial charge in [0.1, 0.15) is 18.4 Å². The van der Waals surface area contributed by atoms with Gasteiger partial charge in [-0.25, -0.2) is 0 Å². The molecule has 0 saturated carbocycles. The number of hydrogen-bond donors (Lipinski definition) is 2. The number of ether oxygens (including phenoxy) is 2. The Bertz CT molecular complexity index is 649. The second kappa shape index (κ2) is 9.00. The first-order chi connectivity index (χ1) is 11.6. The number of nitrogens with zero attached hydrogens (tertiary/aromatic N) is 1. The molecule has 1 aromatic heterocycles. The summed E-state index contributed by atoms with van der Waals surface area (Å²) >= 11 is 0. The fourth-order valence-corrected chi connectivity index (χ4v) is 2.17. The maximum atomic E-state index is 12.0. The second-order valence-corrected chi connectivity index (χ2v) is 5.47. The zero-order valence-electron chi connectivity index (χ0n) is 13.9. The molecular formula is C18H23N3O3. The Hall–Kier alpha value is -2.44. The molecule has 2 aromatic rings. The van der Waals surface area contributed by atoms with Crippen LogP contribution in [0.2, 0.25) is 0 Å². The summed E-state index contributed by atoms with van der Waals surface area (Å²) in [5.74, 6) is 0.476. The van der Waals surface area contributed by atoms with Crippen LogP contribution in [0.25, 0.3) is 0 Å². The molecule has 1 heterocycles. The van der Waals surface area contributed by atoms with Gasteiger partial charge in [0.25, 0.3) is 0 Å². The average molecular weight is 329 g/mol. The van der Waals surface area contributed by atoms with Crippen LogP contribution >= 0.6 is 0 Å². The van der Waals surface area contributed by atoms with Crippen LogP contribution in [-0.4, -0.2) is 30.6 Å². The summed E-state index contributed by atoms with van der Waals surface area (Å²) in [7, 11) is 1.51. The largest absolute Gasteiger partial charge is 0.487 e. The molecular weight excluding hydrogens is 306 g/mol. The van der Waals surface area contributed by atoms with Gasteiger partial charge in [-0.1, -0.05) is 18.2 Å². The number of benzene rings is 1. The van der Waals surface area contributed by atoms with Crippen molar-refractivity contribution in [3.63, 3.8) is 0 Å². The van der Waals surface area contributed by atoms with E-state index in [0.717, 1.165) is 17.0 Å². The zero-order valence-corrected chi connectivity index (χ0v) is 13.9. The molecule has 0 aliphatic heterocycles. The minimum absolute atomic E-state index is 0.182. The quantitative estimate of drug-likeness (QED) is 0.771. The van der Waals surface area contributed by atoms with Crippen molar-refractivity contribution in [1.29, 1.82) is 0 Å². The number of rotatable bonds is 8. The minimum Gasteiger partial charge on any atom is -0.487 e. The third-order valence-corrected chi connectivity index (χ3v) is 3.51. The molecule has 0 bridgehead atoms. The first-order valence-electron chi connectivity index (χ1n) is 7.77. The van der Waals surface area contributed by atoms with Crippen molar-refractivity contribution in [2.24, 2.45) is 5.73 Å². The summed E-state index contributed by atoms with van der Waals surface area (Å²) in [6, 6.07) is 12.4. The molecule has 0 saturated heterocycles. The van der Waals surface area contributed by atoms with Crippen molar-refractivity contribution in [3.8, 4) is 5.75 Å². The number of pyridine rings is 1. The standard InChI is InChI=1S/C18H23N3O3/c1-13(21-18(22)17(19)12-23-2)14-6-5-8-16(10-14)24-11-15-7-3-4-9-20-15/h3-10,13,17H,11-12,19H2,1-2H3,(H,21,22). The number of nitrogens with two attached hydrogens (primary N) is 1. The lowest BCUT2D eigenvalue weighted by Crippen LogP contribution is -2.44. The minimum atomic E-state index is -0.680. The number of methoxy groups -OCH3 is 1. The molecule has 2 rings (SSSR count). The molecule has 6 nitrogen and oxygen atoms in total. The first-order valence-corrected chi connectivity index (χ1v) is 7.77. The Balaban J connectivity index is 1.95. The lowest BCUT2D eigenvalue weighted by Gasteiger charge is -2.18. The Kier molecular flexibility index (Phi) is 6.72. The number of amides is 1. The summed E-state index contributed by atoms with van der Waals surface area (Å²) in [4.78, 5) is 16.2. The molecule has 24 heavy (non-hydrogen) atoms. The number of carbonyl (C=O) groups is 1. The topological polar surface area (TPSA) is 86.5 Å². The SMILES string of the molecule is COCC(N)C(=O)NC(C)c1cccc(OCc2ccccn2)c1. The molecule has 0 aliphatic carbocycles. The van der Waals surface area contributed by atoms with Gasteiger partial charge in [-0.15, -0.1) is 0 Å². The van der Waals surface area contributed by atoms with E-state index in [1.54, 1.807) is 6.20 Å². The van der Waals surface area contributed by atoms with Gasteiger partial charge in [-0.2, -0.15) is 0 Å². The highest BCUT2D eigenvalue weighted by Gasteiger charge is 2.16. The van der Waals surface area contributed by atoms with Crippen molar-refractivity contribution in [2.75, 3.05) is 13.7 Å². The van der Waals surface area contributed by atoms with Crippen LogP contribution in [0.5, 0.6) is 5.75 Å². The fraction of sp³-hybridized carbons (Fsp3) is 0.333. The third kappa shape index (κ3) is 5.33. The molecule has 6 heteroatoms. The van der Waals surface area contributed by atoms with Crippen molar-refractivity contribution in [2.45, 2.75) is 25.6 Å². The molecule has 1 amide bonds. The Labute approximate surface area is 142 Å². The Morgan fingerprint density at radius 3 is 2.83 bits per heavy atom. The van der Waals surface area contributed by atoms with E-state index in [1.807, 2.05) is 49.4 Å². The van der Waals surface area contributed by atoms with Gasteiger partial charge in [-0.05, 0) is 36.8 Å². The molecule has 2 atom stereocenters. The summed E-state index contributed by atoms with van der Waals surface area (Å²) in [5, 5.41) is 2.87. The van der Waals surface area contributed by atoms with E-state index in [2.05, 4.69) is 10.3 Å². The van der Waals surface area contributed by atoms with E-state index < -0.39 is 6.04 Å². The normalized spacial score (nSPS) is 13.1. The van der Waals surface area contributed by atoms with Gasteiger partial charge in [0.05, 0.1) is 18.3 Å². The molecule has 0 spiro atoms. The highest BCUT2D eigenvalue weighted by atomic mass is 16.5. The van der Waals surface area contributed by atoms with Crippen LogP contribution in [0.15, 0.2) is 48.7 Å². The lowest BCUT2D eigenvalue weighted by molar-refractivity contribution is -0.124. The fourth-order valence-electron chi connectivity index (χ4n) is 2.17. The molecule has 2 unspecified atom stereocenters. The Morgan fingerprint density at radius 1 is 1.29 bits per heavy atom. The van der Waals surface area contributed by atoms with Gasteiger partial charge in [0.2, 0.25) is 5.91 Å². The maximum absolute atomic E-state index is 12.0. The van der Waals surface area contributed by atoms with Gasteiger partial charge >= 0.3 is 0 Å². The molecule has 0 aliphatic rings. The highest BCUT2D eigenvalue weighted by Crippen LogP contribution is 2.20. The molecule has 0 fully saturated rings. The van der Waals surface area contributed by atoms with E-state index >= 15 is 0 Å². The second-order valence-electron chi connectivity index (χ2n) is 5.47. The van der Waals surface area contributed by atoms with Crippen LogP contribution in [0.1, 0.15) is 24.2 Å². The van der Waals surface area contributed by atoms with Gasteiger partial charge in [-0.3, -0.25) is 9.78 Å². The summed E-state index contributed by atoms with van der Waals surface area (Å²) in [6.07, 6.45) is 1.73. The van der Waals surface area contributed by atoms with E-state index in [1.165, 1.54) is 7.11 Å². The summed E-state index contributed by atoms with van der Waals surface area (Å²) in [5.41, 5.74) is 7.52. The van der Waals surface area contributed by atoms with Gasteiger partial charge in [0, 0.05) is 13.3 Å². The average Bonchev–Trinajstić information content (AvgIpc) is 2.61. The molecule has 1 aromatic carbocycles. The molecule has 0 radical (unpaired) electrons. The molecule has 128 valence electrons. The Morgan fingerprint density at radius 2 is 2.12 bits per heavy atom. The monoisotopic (exact) mass is 329 g/mol. The van der Waals surface area contributed by atoms with Crippen molar-refractivity contribution in [1.82, 2.24) is 10.3 Å². The third-order valence-electron chi connectivity index (χ3n) is 3.51. The number of hydrogen-bond acceptors (Lipinski definition) is 5. The lowest BCUT2D eigenvalue weighted by atomic mass is 10.1. The van der Waals surface area contributed by atoms with E-state index in [-0.39, 0.29) is 18.6 Å². The van der Waals surface area contributed by atoms with E-state index in [9.17, 15) is 4.79 Å². The summed E-state index contributed by atoms with van der Waals surface area (Å²) < 4.78 is 10.6.